The minimum absolute atomic E-state index is 0.0191. The van der Waals surface area contributed by atoms with Gasteiger partial charge in [-0.3, -0.25) is 4.90 Å². The molecule has 4 nitrogen and oxygen atoms in total. The summed E-state index contributed by atoms with van der Waals surface area (Å²) in [5, 5.41) is 29.3. The Balaban J connectivity index is 2.51. The van der Waals surface area contributed by atoms with E-state index in [0.29, 0.717) is 19.6 Å². The van der Waals surface area contributed by atoms with Gasteiger partial charge in [0.2, 0.25) is 0 Å². The van der Waals surface area contributed by atoms with E-state index in [1.807, 2.05) is 41.3 Å². The first-order chi connectivity index (χ1) is 11.9. The number of aliphatic hydroxyl groups is 2. The average molecular weight is 343 g/mol. The average Bonchev–Trinajstić information content (AvgIpc) is 2.57. The van der Waals surface area contributed by atoms with Gasteiger partial charge in [-0.05, 0) is 22.6 Å². The van der Waals surface area contributed by atoms with E-state index in [0.717, 1.165) is 22.3 Å². The molecule has 0 saturated heterocycles. The normalized spacial score (nSPS) is 11.9. The largest absolute Gasteiger partial charge is 0.507 e. The third-order valence-electron chi connectivity index (χ3n) is 4.37. The van der Waals surface area contributed by atoms with Gasteiger partial charge in [-0.2, -0.15) is 0 Å². The fourth-order valence-corrected chi connectivity index (χ4v) is 2.88. The fourth-order valence-electron chi connectivity index (χ4n) is 2.88. The van der Waals surface area contributed by atoms with Crippen molar-refractivity contribution in [3.05, 3.63) is 53.6 Å². The van der Waals surface area contributed by atoms with E-state index < -0.39 is 0 Å². The summed E-state index contributed by atoms with van der Waals surface area (Å²) in [5.74, 6) is 0.264. The molecule has 2 aromatic rings. The maximum atomic E-state index is 10.9. The second-order valence-corrected chi connectivity index (χ2v) is 7.37. The Bertz CT molecular complexity index is 672. The van der Waals surface area contributed by atoms with Crippen LogP contribution in [0.4, 0.5) is 0 Å². The van der Waals surface area contributed by atoms with Crippen LogP contribution in [0, 0.1) is 0 Å². The Kier molecular flexibility index (Phi) is 6.59. The molecule has 0 radical (unpaired) electrons. The van der Waals surface area contributed by atoms with Crippen molar-refractivity contribution in [1.82, 2.24) is 4.90 Å². The van der Waals surface area contributed by atoms with Gasteiger partial charge in [0.05, 0.1) is 13.2 Å². The summed E-state index contributed by atoms with van der Waals surface area (Å²) in [6.07, 6.45) is 0. The van der Waals surface area contributed by atoms with Gasteiger partial charge >= 0.3 is 0 Å². The lowest BCUT2D eigenvalue weighted by Gasteiger charge is -2.25. The summed E-state index contributed by atoms with van der Waals surface area (Å²) >= 11 is 0. The summed E-state index contributed by atoms with van der Waals surface area (Å²) in [6.45, 7) is 7.89. The first kappa shape index (κ1) is 19.4. The van der Waals surface area contributed by atoms with Gasteiger partial charge in [-0.1, -0.05) is 57.2 Å². The van der Waals surface area contributed by atoms with Gasteiger partial charge < -0.3 is 15.3 Å². The molecular weight excluding hydrogens is 314 g/mol. The van der Waals surface area contributed by atoms with Crippen LogP contribution in [0.2, 0.25) is 0 Å². The molecule has 0 amide bonds. The smallest absolute Gasteiger partial charge is 0.127 e. The number of nitrogens with zero attached hydrogens (tertiary/aromatic N) is 1. The van der Waals surface area contributed by atoms with Crippen molar-refractivity contribution in [1.29, 1.82) is 0 Å². The third kappa shape index (κ3) is 5.05. The second kappa shape index (κ2) is 8.48. The molecule has 2 rings (SSSR count). The van der Waals surface area contributed by atoms with Crippen LogP contribution in [0.5, 0.6) is 5.75 Å². The number of hydrogen-bond acceptors (Lipinski definition) is 4. The van der Waals surface area contributed by atoms with Crippen LogP contribution in [0.1, 0.15) is 31.9 Å². The van der Waals surface area contributed by atoms with E-state index in [9.17, 15) is 15.3 Å². The molecule has 0 aliphatic heterocycles. The Labute approximate surface area is 150 Å². The molecule has 0 aliphatic rings. The van der Waals surface area contributed by atoms with E-state index >= 15 is 0 Å². The highest BCUT2D eigenvalue weighted by Crippen LogP contribution is 2.37. The number of hydrogen-bond donors (Lipinski definition) is 3. The zero-order chi connectivity index (χ0) is 18.4. The van der Waals surface area contributed by atoms with Crippen LogP contribution in [0.3, 0.4) is 0 Å². The fraction of sp³-hybridized carbons (Fsp3) is 0.429. The molecule has 0 heterocycles. The minimum Gasteiger partial charge on any atom is -0.507 e. The Morgan fingerprint density at radius 1 is 0.920 bits per heavy atom. The summed E-state index contributed by atoms with van der Waals surface area (Å²) in [7, 11) is 0. The molecule has 0 spiro atoms. The standard InChI is InChI=1S/C21H29NO3/c1-21(2,3)18-13-17(15-22(9-11-23)10-12-24)20(25)19(14-18)16-7-5-4-6-8-16/h4-8,13-14,23-25H,9-12,15H2,1-3H3. The predicted octanol–water partition coefficient (Wildman–Crippen LogP) is 3.14. The molecule has 0 aromatic heterocycles. The van der Waals surface area contributed by atoms with Crippen LogP contribution < -0.4 is 0 Å². The molecule has 4 heteroatoms. The third-order valence-corrected chi connectivity index (χ3v) is 4.37. The van der Waals surface area contributed by atoms with Gasteiger partial charge in [0.25, 0.3) is 0 Å². The van der Waals surface area contributed by atoms with Gasteiger partial charge in [0.1, 0.15) is 5.75 Å². The summed E-state index contributed by atoms with van der Waals surface area (Å²) < 4.78 is 0. The second-order valence-electron chi connectivity index (χ2n) is 7.37. The number of phenols is 1. The number of phenolic OH excluding ortho intramolecular Hbond substituents is 1. The van der Waals surface area contributed by atoms with E-state index in [2.05, 4.69) is 26.8 Å². The van der Waals surface area contributed by atoms with Crippen LogP contribution in [0.15, 0.2) is 42.5 Å². The van der Waals surface area contributed by atoms with Crippen molar-refractivity contribution in [2.24, 2.45) is 0 Å². The topological polar surface area (TPSA) is 63.9 Å². The van der Waals surface area contributed by atoms with E-state index in [4.69, 9.17) is 0 Å². The molecule has 0 saturated carbocycles. The maximum Gasteiger partial charge on any atom is 0.127 e. The Morgan fingerprint density at radius 2 is 1.52 bits per heavy atom. The molecule has 0 aliphatic carbocycles. The molecule has 0 fully saturated rings. The van der Waals surface area contributed by atoms with Crippen LogP contribution in [-0.4, -0.2) is 46.5 Å². The first-order valence-corrected chi connectivity index (χ1v) is 8.72. The molecule has 2 aromatic carbocycles. The lowest BCUT2D eigenvalue weighted by molar-refractivity contribution is 0.155. The minimum atomic E-state index is -0.0508. The van der Waals surface area contributed by atoms with E-state index in [1.165, 1.54) is 0 Å². The highest BCUT2D eigenvalue weighted by Gasteiger charge is 2.20. The van der Waals surface area contributed by atoms with Gasteiger partial charge in [-0.15, -0.1) is 0 Å². The summed E-state index contributed by atoms with van der Waals surface area (Å²) in [5.41, 5.74) is 3.70. The van der Waals surface area contributed by atoms with Crippen LogP contribution >= 0.6 is 0 Å². The van der Waals surface area contributed by atoms with Crippen molar-refractivity contribution in [2.75, 3.05) is 26.3 Å². The molecular formula is C21H29NO3. The molecule has 0 bridgehead atoms. The first-order valence-electron chi connectivity index (χ1n) is 8.72. The highest BCUT2D eigenvalue weighted by molar-refractivity contribution is 5.73. The van der Waals surface area contributed by atoms with E-state index in [1.54, 1.807) is 0 Å². The summed E-state index contributed by atoms with van der Waals surface area (Å²) in [4.78, 5) is 1.94. The zero-order valence-corrected chi connectivity index (χ0v) is 15.4. The quantitative estimate of drug-likeness (QED) is 0.723. The van der Waals surface area contributed by atoms with Crippen LogP contribution in [0.25, 0.3) is 11.1 Å². The van der Waals surface area contributed by atoms with Crippen molar-refractivity contribution in [3.8, 4) is 16.9 Å². The SMILES string of the molecule is CC(C)(C)c1cc(CN(CCO)CCO)c(O)c(-c2ccccc2)c1. The molecule has 0 unspecified atom stereocenters. The molecule has 25 heavy (non-hydrogen) atoms. The number of rotatable bonds is 7. The number of aliphatic hydroxyl groups excluding tert-OH is 2. The highest BCUT2D eigenvalue weighted by atomic mass is 16.3. The molecule has 3 N–H and O–H groups in total. The van der Waals surface area contributed by atoms with Gasteiger partial charge in [0.15, 0.2) is 0 Å². The molecule has 0 atom stereocenters. The maximum absolute atomic E-state index is 10.9. The molecule has 136 valence electrons. The number of aromatic hydroxyl groups is 1. The van der Waals surface area contributed by atoms with Gasteiger partial charge in [-0.25, -0.2) is 0 Å². The monoisotopic (exact) mass is 343 g/mol. The zero-order valence-electron chi connectivity index (χ0n) is 15.4. The predicted molar refractivity (Wildman–Crippen MR) is 102 cm³/mol. The van der Waals surface area contributed by atoms with Crippen molar-refractivity contribution < 1.29 is 15.3 Å². The van der Waals surface area contributed by atoms with Crippen molar-refractivity contribution in [3.63, 3.8) is 0 Å². The number of benzene rings is 2. The summed E-state index contributed by atoms with van der Waals surface area (Å²) in [6, 6.07) is 13.9. The van der Waals surface area contributed by atoms with Crippen LogP contribution in [-0.2, 0) is 12.0 Å². The van der Waals surface area contributed by atoms with Crippen molar-refractivity contribution in [2.45, 2.75) is 32.7 Å². The van der Waals surface area contributed by atoms with E-state index in [-0.39, 0.29) is 24.4 Å². The van der Waals surface area contributed by atoms with Crippen molar-refractivity contribution >= 4 is 0 Å². The van der Waals surface area contributed by atoms with Gasteiger partial charge in [0, 0.05) is 30.8 Å². The lowest BCUT2D eigenvalue weighted by atomic mass is 9.83. The Morgan fingerprint density at radius 3 is 2.04 bits per heavy atom. The Hall–Kier alpha value is -1.88. The lowest BCUT2D eigenvalue weighted by Crippen LogP contribution is -2.29.